The molecule has 3 fully saturated rings. The number of nitrogens with zero attached hydrogens (tertiary/aromatic N) is 10. The van der Waals surface area contributed by atoms with Gasteiger partial charge in [-0.3, -0.25) is 9.63 Å². The Labute approximate surface area is 553 Å². The average molecular weight is 1330 g/mol. The molecule has 5 aromatic rings. The van der Waals surface area contributed by atoms with Crippen LogP contribution in [0.1, 0.15) is 59.9 Å². The standard InChI is InChI=1S/C67H89ClF2N12O10S/c1-76(27-10-19-61(83)81-31-30-80(47-53(81)22-26-72)63-55-23-29-79(60-18-8-13-50-12-7-17-57(68)62(50)60)48-59(55)73-65(74-63)91-49-54-16-9-28-77(54)2)32-33-85-34-35-86-36-37-87-38-39-88-40-41-89-42-43-90-44-45-92-78(3)66(84)82-67(24-11-25-71,51-14-5-4-6-15-51)93-64(75-82)56-46-52(69)20-21-58(56)70/h4-8,10,12-15,17-21,46,53-54,64,75H,9,11,16,22-25,27-45,47-49,71H2,1-3H3/b19-10+/t53-,54-,64?,67?/m0/s1. The number of aromatic nitrogens is 2. The van der Waals surface area contributed by atoms with Gasteiger partial charge in [0.1, 0.15) is 34.3 Å². The van der Waals surface area contributed by atoms with Gasteiger partial charge in [-0.1, -0.05) is 72.3 Å². The number of thioether (sulfide) groups is 1. The fourth-order valence-electron chi connectivity index (χ4n) is 11.9. The molecule has 4 atom stereocenters. The number of hydrogen-bond acceptors (Lipinski definition) is 20. The number of carbonyl (C=O) groups excluding carboxylic acids is 2. The quantitative estimate of drug-likeness (QED) is 0.0221. The second-order valence-corrected chi connectivity index (χ2v) is 25.0. The number of likely N-dealkylation sites (N-methyl/N-ethyl adjacent to an activating group) is 2. The number of nitrogens with two attached hydrogens (primary N) is 1. The number of rotatable bonds is 36. The van der Waals surface area contributed by atoms with Gasteiger partial charge in [0.15, 0.2) is 0 Å². The number of carbonyl (C=O) groups is 2. The van der Waals surface area contributed by atoms with E-state index in [1.165, 1.54) is 23.8 Å². The van der Waals surface area contributed by atoms with E-state index in [0.717, 1.165) is 88.3 Å². The molecule has 0 radical (unpaired) electrons. The molecular weight excluding hydrogens is 1240 g/mol. The van der Waals surface area contributed by atoms with Crippen LogP contribution in [0.4, 0.5) is 25.1 Å². The van der Waals surface area contributed by atoms with Crippen LogP contribution in [0.25, 0.3) is 10.8 Å². The Hall–Kier alpha value is -6.35. The predicted octanol–water partition coefficient (Wildman–Crippen LogP) is 7.94. The van der Waals surface area contributed by atoms with Gasteiger partial charge in [0, 0.05) is 80.6 Å². The van der Waals surface area contributed by atoms with Crippen LogP contribution in [0.2, 0.25) is 5.02 Å². The number of nitriles is 1. The molecule has 22 nitrogen and oxygen atoms in total. The van der Waals surface area contributed by atoms with E-state index in [1.54, 1.807) is 6.08 Å². The first-order valence-electron chi connectivity index (χ1n) is 32.1. The van der Waals surface area contributed by atoms with Crippen molar-refractivity contribution in [2.24, 2.45) is 5.73 Å². The highest BCUT2D eigenvalue weighted by Gasteiger charge is 2.52. The molecule has 0 aliphatic carbocycles. The first-order valence-corrected chi connectivity index (χ1v) is 33.4. The van der Waals surface area contributed by atoms with E-state index in [0.29, 0.717) is 161 Å². The first kappa shape index (κ1) is 71.0. The van der Waals surface area contributed by atoms with Gasteiger partial charge in [-0.05, 0) is 101 Å². The van der Waals surface area contributed by atoms with Crippen molar-refractivity contribution in [3.63, 3.8) is 0 Å². The Morgan fingerprint density at radius 2 is 1.52 bits per heavy atom. The van der Waals surface area contributed by atoms with Crippen LogP contribution in [0.3, 0.4) is 0 Å². The van der Waals surface area contributed by atoms with Crippen LogP contribution in [-0.4, -0.2) is 225 Å². The third-order valence-electron chi connectivity index (χ3n) is 16.9. The molecule has 1 aromatic heterocycles. The Kier molecular flexibility index (Phi) is 27.9. The SMILES string of the molecule is CN(C/C=C/C(=O)N1CCN(c2nc(OC[C@@H]3CCCN3C)nc3c2CCN(c2cccc4cccc(Cl)c24)C3)C[C@@H]1CC#N)CCOCCOCCOCCOCCOCCOCCON(C)C(=O)N1NC(c2cc(F)ccc2F)SC1(CCCN)c1ccccc1. The van der Waals surface area contributed by atoms with E-state index < -0.39 is 27.9 Å². The maximum Gasteiger partial charge on any atom is 0.359 e. The van der Waals surface area contributed by atoms with Gasteiger partial charge < -0.3 is 63.4 Å². The number of fused-ring (bicyclic) bond motifs is 2. The number of nitrogens with one attached hydrogen (secondary N) is 1. The number of amides is 3. The highest BCUT2D eigenvalue weighted by atomic mass is 35.5. The largest absolute Gasteiger partial charge is 0.462 e. The van der Waals surface area contributed by atoms with E-state index in [1.807, 2.05) is 60.5 Å². The van der Waals surface area contributed by atoms with Crippen molar-refractivity contribution < 1.29 is 56.4 Å². The van der Waals surface area contributed by atoms with Crippen molar-refractivity contribution >= 4 is 57.6 Å². The summed E-state index contributed by atoms with van der Waals surface area (Å²) >= 11 is 8.11. The lowest BCUT2D eigenvalue weighted by molar-refractivity contribution is -0.129. The van der Waals surface area contributed by atoms with Crippen LogP contribution in [0, 0.1) is 23.0 Å². The van der Waals surface area contributed by atoms with Gasteiger partial charge in [0.05, 0.1) is 122 Å². The molecule has 0 saturated carbocycles. The van der Waals surface area contributed by atoms with Crippen LogP contribution in [-0.2, 0) is 55.9 Å². The van der Waals surface area contributed by atoms with Crippen molar-refractivity contribution in [3.8, 4) is 12.1 Å². The molecule has 0 spiro atoms. The molecule has 3 N–H and O–H groups in total. The molecule has 4 aliphatic rings. The number of ether oxygens (including phenoxy) is 7. The Morgan fingerprint density at radius 3 is 2.19 bits per heavy atom. The number of hydrazine groups is 1. The number of hydrogen-bond donors (Lipinski definition) is 2. The second-order valence-electron chi connectivity index (χ2n) is 23.2. The number of benzene rings is 4. The summed E-state index contributed by atoms with van der Waals surface area (Å²) in [6.45, 7) is 10.6. The number of likely N-dealkylation sites (tertiary alicyclic amines) is 1. The lowest BCUT2D eigenvalue weighted by Crippen LogP contribution is -2.55. The molecule has 9 rings (SSSR count). The molecule has 93 heavy (non-hydrogen) atoms. The smallest absolute Gasteiger partial charge is 0.359 e. The summed E-state index contributed by atoms with van der Waals surface area (Å²) in [5.41, 5.74) is 13.0. The van der Waals surface area contributed by atoms with E-state index in [2.05, 4.69) is 62.4 Å². The molecule has 26 heteroatoms. The third-order valence-corrected chi connectivity index (χ3v) is 18.8. The van der Waals surface area contributed by atoms with Gasteiger partial charge in [0.25, 0.3) is 0 Å². The number of anilines is 2. The Bertz CT molecular complexity index is 3250. The van der Waals surface area contributed by atoms with Crippen LogP contribution in [0.15, 0.2) is 97.1 Å². The van der Waals surface area contributed by atoms with Crippen molar-refractivity contribution in [2.75, 3.05) is 176 Å². The molecule has 0 bridgehead atoms. The molecule has 3 saturated heterocycles. The highest BCUT2D eigenvalue weighted by molar-refractivity contribution is 8.00. The van der Waals surface area contributed by atoms with E-state index in [9.17, 15) is 19.2 Å². The summed E-state index contributed by atoms with van der Waals surface area (Å²) in [6, 6.07) is 27.0. The Balaban J connectivity index is 0.593. The Morgan fingerprint density at radius 1 is 0.828 bits per heavy atom. The molecule has 2 unspecified atom stereocenters. The van der Waals surface area contributed by atoms with Gasteiger partial charge in [0.2, 0.25) is 5.91 Å². The topological polar surface area (TPSA) is 218 Å². The normalized spacial score (nSPS) is 19.3. The summed E-state index contributed by atoms with van der Waals surface area (Å²) in [5.74, 6) is -0.481. The molecular formula is C67H89ClF2N12O10S. The minimum atomic E-state index is -1.00. The lowest BCUT2D eigenvalue weighted by Gasteiger charge is -2.42. The fraction of sp³-hybridized carbons (Fsp3) is 0.537. The molecule has 5 heterocycles. The van der Waals surface area contributed by atoms with E-state index >= 15 is 4.39 Å². The zero-order valence-corrected chi connectivity index (χ0v) is 55.2. The minimum absolute atomic E-state index is 0.0748. The molecule has 3 amide bonds. The van der Waals surface area contributed by atoms with Crippen LogP contribution >= 0.6 is 23.4 Å². The molecule has 4 aromatic carbocycles. The van der Waals surface area contributed by atoms with Crippen molar-refractivity contribution in [2.45, 2.75) is 67.4 Å². The monoisotopic (exact) mass is 1330 g/mol. The van der Waals surface area contributed by atoms with Gasteiger partial charge >= 0.3 is 12.0 Å². The zero-order valence-electron chi connectivity index (χ0n) is 53.6. The number of halogens is 3. The average Bonchev–Trinajstić information content (AvgIpc) is 1.66. The van der Waals surface area contributed by atoms with Crippen molar-refractivity contribution in [1.82, 2.24) is 40.2 Å². The summed E-state index contributed by atoms with van der Waals surface area (Å²) in [6.07, 6.45) is 7.58. The predicted molar refractivity (Wildman–Crippen MR) is 354 cm³/mol. The maximum atomic E-state index is 15.0. The summed E-state index contributed by atoms with van der Waals surface area (Å²) in [4.78, 5) is 53.4. The summed E-state index contributed by atoms with van der Waals surface area (Å²) in [7, 11) is 5.59. The second kappa shape index (κ2) is 36.5. The highest BCUT2D eigenvalue weighted by Crippen LogP contribution is 2.55. The lowest BCUT2D eigenvalue weighted by atomic mass is 10.0. The van der Waals surface area contributed by atoms with E-state index in [-0.39, 0.29) is 37.1 Å². The number of urea groups is 1. The first-order chi connectivity index (χ1) is 45.4. The van der Waals surface area contributed by atoms with Gasteiger partial charge in [-0.25, -0.2) is 29.1 Å². The molecule has 4 aliphatic heterocycles. The van der Waals surface area contributed by atoms with Crippen molar-refractivity contribution in [1.29, 1.82) is 5.26 Å². The van der Waals surface area contributed by atoms with Gasteiger partial charge in [-0.15, -0.1) is 11.8 Å². The van der Waals surface area contributed by atoms with Crippen LogP contribution in [0.5, 0.6) is 6.01 Å². The van der Waals surface area contributed by atoms with Crippen molar-refractivity contribution in [3.05, 3.63) is 136 Å². The summed E-state index contributed by atoms with van der Waals surface area (Å²) < 4.78 is 69.7. The summed E-state index contributed by atoms with van der Waals surface area (Å²) in [5, 5.41) is 14.5. The minimum Gasteiger partial charge on any atom is -0.462 e. The maximum absolute atomic E-state index is 15.0. The van der Waals surface area contributed by atoms with E-state index in [4.69, 9.17) is 65.3 Å². The zero-order chi connectivity index (χ0) is 65.4. The number of piperazine rings is 1. The van der Waals surface area contributed by atoms with Gasteiger partial charge in [-0.2, -0.15) is 15.2 Å². The number of hydroxylamine groups is 2. The molecule has 504 valence electrons. The third kappa shape index (κ3) is 19.6. The fourth-order valence-corrected chi connectivity index (χ4v) is 13.8. The van der Waals surface area contributed by atoms with Crippen LogP contribution < -0.4 is 25.7 Å².